The van der Waals surface area contributed by atoms with E-state index in [1.807, 2.05) is 0 Å². The number of nitrogens with zero attached hydrogens (tertiary/aromatic N) is 2. The third-order valence-electron chi connectivity index (χ3n) is 3.34. The predicted molar refractivity (Wildman–Crippen MR) is 86.7 cm³/mol. The van der Waals surface area contributed by atoms with Crippen LogP contribution in [0.1, 0.15) is 11.1 Å². The van der Waals surface area contributed by atoms with Crippen LogP contribution in [-0.2, 0) is 9.53 Å². The van der Waals surface area contributed by atoms with Crippen molar-refractivity contribution in [2.45, 2.75) is 0 Å². The molecule has 0 saturated carbocycles. The molecule has 0 saturated heterocycles. The molecule has 0 aliphatic carbocycles. The zero-order chi connectivity index (χ0) is 17.1. The maximum atomic E-state index is 12.0. The molecule has 1 heterocycles. The van der Waals surface area contributed by atoms with Gasteiger partial charge in [-0.2, -0.15) is 0 Å². The van der Waals surface area contributed by atoms with Gasteiger partial charge in [-0.25, -0.2) is 9.79 Å². The molecular weight excluding hydrogens is 312 g/mol. The van der Waals surface area contributed by atoms with Crippen molar-refractivity contribution >= 4 is 23.6 Å². The first-order valence-electron chi connectivity index (χ1n) is 6.99. The fraction of sp³-hybridized carbons (Fsp3) is 0.0588. The molecular formula is C17H12N2O5. The minimum atomic E-state index is -0.623. The number of cyclic esters (lactones) is 1. The molecule has 0 unspecified atom stereocenters. The van der Waals surface area contributed by atoms with Gasteiger partial charge >= 0.3 is 5.97 Å². The molecule has 0 bridgehead atoms. The van der Waals surface area contributed by atoms with Crippen LogP contribution in [0.25, 0.3) is 6.08 Å². The number of esters is 1. The van der Waals surface area contributed by atoms with E-state index < -0.39 is 10.9 Å². The molecule has 0 amide bonds. The summed E-state index contributed by atoms with van der Waals surface area (Å²) < 4.78 is 10.4. The summed E-state index contributed by atoms with van der Waals surface area (Å²) in [7, 11) is 1.51. The predicted octanol–water partition coefficient (Wildman–Crippen LogP) is 2.95. The van der Waals surface area contributed by atoms with Crippen molar-refractivity contribution in [1.29, 1.82) is 0 Å². The van der Waals surface area contributed by atoms with E-state index in [4.69, 9.17) is 9.47 Å². The van der Waals surface area contributed by atoms with Gasteiger partial charge in [0.05, 0.1) is 17.6 Å². The molecule has 0 spiro atoms. The average Bonchev–Trinajstić information content (AvgIpc) is 2.95. The number of carbonyl (C=O) groups is 1. The largest absolute Gasteiger partial charge is 0.496 e. The first kappa shape index (κ1) is 15.4. The van der Waals surface area contributed by atoms with Crippen LogP contribution < -0.4 is 4.74 Å². The van der Waals surface area contributed by atoms with E-state index >= 15 is 0 Å². The summed E-state index contributed by atoms with van der Waals surface area (Å²) in [5.41, 5.74) is 1.04. The number of benzene rings is 2. The topological polar surface area (TPSA) is 91.0 Å². The Morgan fingerprint density at radius 2 is 2.00 bits per heavy atom. The van der Waals surface area contributed by atoms with Gasteiger partial charge in [-0.15, -0.1) is 0 Å². The average molecular weight is 324 g/mol. The Morgan fingerprint density at radius 3 is 2.75 bits per heavy atom. The molecule has 2 aromatic rings. The Kier molecular flexibility index (Phi) is 4.07. The van der Waals surface area contributed by atoms with Gasteiger partial charge in [0.25, 0.3) is 5.69 Å². The standard InChI is InChI=1S/C17H12N2O5/c1-23-15-8-3-2-7-13(15)16-18-14(17(20)24-16)10-11-5-4-6-12(9-11)19(21)22/h2-10H,1H3/b14-10-. The lowest BCUT2D eigenvalue weighted by Crippen LogP contribution is -2.06. The molecule has 1 aliphatic heterocycles. The maximum absolute atomic E-state index is 12.0. The van der Waals surface area contributed by atoms with Crippen molar-refractivity contribution in [3.8, 4) is 5.75 Å². The van der Waals surface area contributed by atoms with Gasteiger partial charge in [0.15, 0.2) is 5.70 Å². The number of methoxy groups -OCH3 is 1. The Labute approximate surface area is 137 Å². The van der Waals surface area contributed by atoms with Gasteiger partial charge in [0, 0.05) is 12.1 Å². The SMILES string of the molecule is COc1ccccc1C1=N/C(=C\c2cccc([N+](=O)[O-])c2)C(=O)O1. The number of nitro groups is 1. The Hall–Kier alpha value is -3.48. The third-order valence-corrected chi connectivity index (χ3v) is 3.34. The molecule has 120 valence electrons. The van der Waals surface area contributed by atoms with Crippen LogP contribution in [0.5, 0.6) is 5.75 Å². The van der Waals surface area contributed by atoms with Gasteiger partial charge in [0.2, 0.25) is 5.90 Å². The number of hydrogen-bond donors (Lipinski definition) is 0. The van der Waals surface area contributed by atoms with Gasteiger partial charge in [-0.1, -0.05) is 24.3 Å². The molecule has 7 heteroatoms. The number of hydrogen-bond acceptors (Lipinski definition) is 6. The number of non-ortho nitro benzene ring substituents is 1. The zero-order valence-corrected chi connectivity index (χ0v) is 12.6. The molecule has 2 aromatic carbocycles. The van der Waals surface area contributed by atoms with Crippen LogP contribution in [-0.4, -0.2) is 23.9 Å². The van der Waals surface area contributed by atoms with E-state index in [9.17, 15) is 14.9 Å². The van der Waals surface area contributed by atoms with E-state index in [2.05, 4.69) is 4.99 Å². The Morgan fingerprint density at radius 1 is 1.21 bits per heavy atom. The van der Waals surface area contributed by atoms with Crippen LogP contribution in [0.2, 0.25) is 0 Å². The fourth-order valence-electron chi connectivity index (χ4n) is 2.23. The molecule has 1 aliphatic rings. The number of carbonyl (C=O) groups excluding carboxylic acids is 1. The lowest BCUT2D eigenvalue weighted by atomic mass is 10.1. The fourth-order valence-corrected chi connectivity index (χ4v) is 2.23. The van der Waals surface area contributed by atoms with Crippen molar-refractivity contribution < 1.29 is 19.2 Å². The first-order valence-corrected chi connectivity index (χ1v) is 6.99. The minimum absolute atomic E-state index is 0.0651. The zero-order valence-electron chi connectivity index (χ0n) is 12.6. The van der Waals surface area contributed by atoms with Crippen LogP contribution in [0.15, 0.2) is 59.2 Å². The Balaban J connectivity index is 1.97. The van der Waals surface area contributed by atoms with Crippen LogP contribution in [0, 0.1) is 10.1 Å². The summed E-state index contributed by atoms with van der Waals surface area (Å²) in [5, 5.41) is 10.8. The molecule has 0 N–H and O–H groups in total. The van der Waals surface area contributed by atoms with E-state index in [1.165, 1.54) is 31.4 Å². The summed E-state index contributed by atoms with van der Waals surface area (Å²) in [6.45, 7) is 0. The lowest BCUT2D eigenvalue weighted by molar-refractivity contribution is -0.384. The number of para-hydroxylation sites is 1. The highest BCUT2D eigenvalue weighted by Crippen LogP contribution is 2.25. The van der Waals surface area contributed by atoms with E-state index in [1.54, 1.807) is 30.3 Å². The monoisotopic (exact) mass is 324 g/mol. The summed E-state index contributed by atoms with van der Waals surface area (Å²) >= 11 is 0. The third kappa shape index (κ3) is 3.00. The highest BCUT2D eigenvalue weighted by molar-refractivity contribution is 6.13. The number of aliphatic imine (C=N–C) groups is 1. The van der Waals surface area contributed by atoms with Crippen LogP contribution in [0.3, 0.4) is 0 Å². The summed E-state index contributed by atoms with van der Waals surface area (Å²) in [6.07, 6.45) is 1.44. The quantitative estimate of drug-likeness (QED) is 0.373. The van der Waals surface area contributed by atoms with Gasteiger partial charge in [-0.3, -0.25) is 10.1 Å². The number of ether oxygens (including phenoxy) is 2. The van der Waals surface area contributed by atoms with Crippen LogP contribution >= 0.6 is 0 Å². The second kappa shape index (κ2) is 6.33. The van der Waals surface area contributed by atoms with E-state index in [0.717, 1.165) is 0 Å². The second-order valence-corrected chi connectivity index (χ2v) is 4.89. The normalized spacial score (nSPS) is 15.1. The molecule has 0 atom stereocenters. The molecule has 24 heavy (non-hydrogen) atoms. The molecule has 3 rings (SSSR count). The van der Waals surface area contributed by atoms with Gasteiger partial charge in [-0.05, 0) is 23.8 Å². The maximum Gasteiger partial charge on any atom is 0.363 e. The highest BCUT2D eigenvalue weighted by Gasteiger charge is 2.26. The Bertz CT molecular complexity index is 886. The molecule has 7 nitrogen and oxygen atoms in total. The summed E-state index contributed by atoms with van der Waals surface area (Å²) in [6, 6.07) is 12.9. The summed E-state index contributed by atoms with van der Waals surface area (Å²) in [5.74, 6) is 0.0391. The lowest BCUT2D eigenvalue weighted by Gasteiger charge is -2.05. The van der Waals surface area contributed by atoms with E-state index in [-0.39, 0.29) is 17.3 Å². The molecule has 0 fully saturated rings. The number of rotatable bonds is 4. The molecule has 0 radical (unpaired) electrons. The van der Waals surface area contributed by atoms with Gasteiger partial charge < -0.3 is 9.47 Å². The first-order chi connectivity index (χ1) is 11.6. The molecule has 0 aromatic heterocycles. The number of nitro benzene ring substituents is 1. The van der Waals surface area contributed by atoms with Crippen molar-refractivity contribution in [2.75, 3.05) is 7.11 Å². The van der Waals surface area contributed by atoms with Gasteiger partial charge in [0.1, 0.15) is 5.75 Å². The van der Waals surface area contributed by atoms with Crippen molar-refractivity contribution in [1.82, 2.24) is 0 Å². The summed E-state index contributed by atoms with van der Waals surface area (Å²) in [4.78, 5) is 26.5. The van der Waals surface area contributed by atoms with Crippen molar-refractivity contribution in [2.24, 2.45) is 4.99 Å². The van der Waals surface area contributed by atoms with Crippen molar-refractivity contribution in [3.63, 3.8) is 0 Å². The minimum Gasteiger partial charge on any atom is -0.496 e. The second-order valence-electron chi connectivity index (χ2n) is 4.89. The van der Waals surface area contributed by atoms with E-state index in [0.29, 0.717) is 16.9 Å². The highest BCUT2D eigenvalue weighted by atomic mass is 16.6. The smallest absolute Gasteiger partial charge is 0.363 e. The van der Waals surface area contributed by atoms with Crippen molar-refractivity contribution in [3.05, 3.63) is 75.5 Å². The van der Waals surface area contributed by atoms with Crippen LogP contribution in [0.4, 0.5) is 5.69 Å².